The number of anilines is 2. The van der Waals surface area contributed by atoms with E-state index < -0.39 is 33.7 Å². The number of para-hydroxylation sites is 2. The van der Waals surface area contributed by atoms with E-state index in [0.29, 0.717) is 17.3 Å². The molecule has 1 amide bonds. The van der Waals surface area contributed by atoms with Crippen molar-refractivity contribution in [2.75, 3.05) is 16.2 Å². The first-order valence-electron chi connectivity index (χ1n) is 9.39. The van der Waals surface area contributed by atoms with Crippen LogP contribution in [0.15, 0.2) is 72.8 Å². The Morgan fingerprint density at radius 1 is 1.03 bits per heavy atom. The van der Waals surface area contributed by atoms with Crippen molar-refractivity contribution in [2.24, 2.45) is 0 Å². The van der Waals surface area contributed by atoms with Crippen LogP contribution >= 0.6 is 0 Å². The van der Waals surface area contributed by atoms with Crippen molar-refractivity contribution in [1.29, 1.82) is 0 Å². The first-order valence-corrected chi connectivity index (χ1v) is 11.0. The number of rotatable bonds is 5. The number of sulfonamides is 1. The highest BCUT2D eigenvalue weighted by molar-refractivity contribution is 7.92. The Morgan fingerprint density at radius 2 is 1.74 bits per heavy atom. The first kappa shape index (κ1) is 20.8. The molecule has 9 heteroatoms. The lowest BCUT2D eigenvalue weighted by Gasteiger charge is -2.34. The average molecular weight is 444 g/mol. The van der Waals surface area contributed by atoms with Crippen LogP contribution in [0.2, 0.25) is 0 Å². The standard InChI is InChI=1S/C22H18F2N2O4S/c23-16-10-11-18(17(24)12-16)25-22(27)21-13-26(19-8-4-5-9-20(19)30-21)31(28,29)14-15-6-2-1-3-7-15/h1-12,21H,13-14H2,(H,25,27). The monoisotopic (exact) mass is 444 g/mol. The number of ether oxygens (including phenoxy) is 1. The lowest BCUT2D eigenvalue weighted by molar-refractivity contribution is -0.122. The number of carbonyl (C=O) groups is 1. The molecule has 31 heavy (non-hydrogen) atoms. The fourth-order valence-electron chi connectivity index (χ4n) is 3.27. The van der Waals surface area contributed by atoms with Crippen molar-refractivity contribution >= 4 is 27.3 Å². The minimum atomic E-state index is -3.85. The van der Waals surface area contributed by atoms with E-state index in [-0.39, 0.29) is 23.7 Å². The smallest absolute Gasteiger partial charge is 0.267 e. The molecule has 1 aliphatic rings. The van der Waals surface area contributed by atoms with E-state index in [9.17, 15) is 22.0 Å². The summed E-state index contributed by atoms with van der Waals surface area (Å²) in [5.74, 6) is -2.52. The lowest BCUT2D eigenvalue weighted by atomic mass is 10.2. The highest BCUT2D eigenvalue weighted by Crippen LogP contribution is 2.36. The van der Waals surface area contributed by atoms with E-state index >= 15 is 0 Å². The predicted octanol–water partition coefficient (Wildman–Crippen LogP) is 3.70. The van der Waals surface area contributed by atoms with Gasteiger partial charge < -0.3 is 10.1 Å². The van der Waals surface area contributed by atoms with Gasteiger partial charge in [0.05, 0.1) is 23.7 Å². The maximum Gasteiger partial charge on any atom is 0.267 e. The van der Waals surface area contributed by atoms with Crippen molar-refractivity contribution in [3.8, 4) is 5.75 Å². The molecule has 0 saturated carbocycles. The molecule has 160 valence electrons. The van der Waals surface area contributed by atoms with Crippen molar-refractivity contribution in [3.05, 3.63) is 90.0 Å². The Morgan fingerprint density at radius 3 is 2.48 bits per heavy atom. The number of halogens is 2. The molecule has 1 heterocycles. The van der Waals surface area contributed by atoms with Gasteiger partial charge in [-0.15, -0.1) is 0 Å². The van der Waals surface area contributed by atoms with Gasteiger partial charge in [0.1, 0.15) is 17.4 Å². The Bertz CT molecular complexity index is 1220. The summed E-state index contributed by atoms with van der Waals surface area (Å²) in [5, 5.41) is 2.33. The molecule has 0 radical (unpaired) electrons. The molecular formula is C22H18F2N2O4S. The zero-order valence-electron chi connectivity index (χ0n) is 16.2. The van der Waals surface area contributed by atoms with Crippen LogP contribution in [0.25, 0.3) is 0 Å². The van der Waals surface area contributed by atoms with Gasteiger partial charge in [-0.25, -0.2) is 17.2 Å². The molecule has 1 atom stereocenters. The van der Waals surface area contributed by atoms with Crippen LogP contribution in [0.3, 0.4) is 0 Å². The van der Waals surface area contributed by atoms with Gasteiger partial charge in [0.15, 0.2) is 6.10 Å². The van der Waals surface area contributed by atoms with Crippen LogP contribution in [0.5, 0.6) is 5.75 Å². The third-order valence-corrected chi connectivity index (χ3v) is 6.46. The third-order valence-electron chi connectivity index (χ3n) is 4.74. The second-order valence-corrected chi connectivity index (χ2v) is 8.85. The lowest BCUT2D eigenvalue weighted by Crippen LogP contribution is -2.49. The van der Waals surface area contributed by atoms with Crippen LogP contribution in [-0.4, -0.2) is 27.0 Å². The van der Waals surface area contributed by atoms with Crippen LogP contribution in [0.1, 0.15) is 5.56 Å². The molecule has 1 aliphatic heterocycles. The van der Waals surface area contributed by atoms with E-state index in [2.05, 4.69) is 5.32 Å². The predicted molar refractivity (Wildman–Crippen MR) is 112 cm³/mol. The van der Waals surface area contributed by atoms with Gasteiger partial charge in [-0.2, -0.15) is 0 Å². The summed E-state index contributed by atoms with van der Waals surface area (Å²) in [6.07, 6.45) is -1.23. The van der Waals surface area contributed by atoms with E-state index in [0.717, 1.165) is 16.4 Å². The SMILES string of the molecule is O=C(Nc1ccc(F)cc1F)C1CN(S(=O)(=O)Cc2ccccc2)c2ccccc2O1. The van der Waals surface area contributed by atoms with E-state index in [1.165, 1.54) is 0 Å². The van der Waals surface area contributed by atoms with Gasteiger partial charge in [0.25, 0.3) is 5.91 Å². The summed E-state index contributed by atoms with van der Waals surface area (Å²) in [6.45, 7) is -0.291. The number of carbonyl (C=O) groups excluding carboxylic acids is 1. The molecule has 3 aromatic carbocycles. The van der Waals surface area contributed by atoms with Gasteiger partial charge >= 0.3 is 0 Å². The van der Waals surface area contributed by atoms with Crippen LogP contribution in [0, 0.1) is 11.6 Å². The molecular weight excluding hydrogens is 426 g/mol. The fraction of sp³-hybridized carbons (Fsp3) is 0.136. The average Bonchev–Trinajstić information content (AvgIpc) is 2.75. The van der Waals surface area contributed by atoms with Crippen molar-refractivity contribution in [1.82, 2.24) is 0 Å². The minimum Gasteiger partial charge on any atom is -0.476 e. The fourth-order valence-corrected chi connectivity index (χ4v) is 4.85. The van der Waals surface area contributed by atoms with Gasteiger partial charge in [-0.3, -0.25) is 9.10 Å². The molecule has 0 aliphatic carbocycles. The van der Waals surface area contributed by atoms with E-state index in [1.807, 2.05) is 0 Å². The molecule has 3 aromatic rings. The van der Waals surface area contributed by atoms with Crippen LogP contribution in [-0.2, 0) is 20.6 Å². The molecule has 4 rings (SSSR count). The molecule has 1 N–H and O–H groups in total. The molecule has 0 fully saturated rings. The Kier molecular flexibility index (Phi) is 5.60. The zero-order valence-corrected chi connectivity index (χ0v) is 17.0. The number of nitrogens with one attached hydrogen (secondary N) is 1. The molecule has 1 unspecified atom stereocenters. The highest BCUT2D eigenvalue weighted by atomic mass is 32.2. The Hall–Kier alpha value is -3.46. The van der Waals surface area contributed by atoms with Crippen LogP contribution < -0.4 is 14.4 Å². The van der Waals surface area contributed by atoms with E-state index in [4.69, 9.17) is 4.74 Å². The van der Waals surface area contributed by atoms with Gasteiger partial charge in [-0.1, -0.05) is 42.5 Å². The Balaban J connectivity index is 1.61. The van der Waals surface area contributed by atoms with Gasteiger partial charge in [-0.05, 0) is 29.8 Å². The van der Waals surface area contributed by atoms with Gasteiger partial charge in [0, 0.05) is 6.07 Å². The third kappa shape index (κ3) is 4.51. The molecule has 0 bridgehead atoms. The number of hydrogen-bond donors (Lipinski definition) is 1. The zero-order chi connectivity index (χ0) is 22.0. The second kappa shape index (κ2) is 8.35. The molecule has 6 nitrogen and oxygen atoms in total. The molecule has 0 aromatic heterocycles. The van der Waals surface area contributed by atoms with Crippen molar-refractivity contribution < 1.29 is 26.7 Å². The van der Waals surface area contributed by atoms with Crippen molar-refractivity contribution in [3.63, 3.8) is 0 Å². The summed E-state index contributed by atoms with van der Waals surface area (Å²) in [5.41, 5.74) is 0.684. The molecule has 0 saturated heterocycles. The topological polar surface area (TPSA) is 75.7 Å². The minimum absolute atomic E-state index is 0.213. The second-order valence-electron chi connectivity index (χ2n) is 6.96. The summed E-state index contributed by atoms with van der Waals surface area (Å²) in [6, 6.07) is 17.9. The summed E-state index contributed by atoms with van der Waals surface area (Å²) in [4.78, 5) is 12.7. The summed E-state index contributed by atoms with van der Waals surface area (Å²) >= 11 is 0. The van der Waals surface area contributed by atoms with Gasteiger partial charge in [0.2, 0.25) is 10.0 Å². The number of nitrogens with zero attached hydrogens (tertiary/aromatic N) is 1. The summed E-state index contributed by atoms with van der Waals surface area (Å²) < 4.78 is 60.2. The quantitative estimate of drug-likeness (QED) is 0.651. The normalized spacial score (nSPS) is 15.7. The largest absolute Gasteiger partial charge is 0.476 e. The van der Waals surface area contributed by atoms with Crippen LogP contribution in [0.4, 0.5) is 20.2 Å². The molecule has 0 spiro atoms. The number of benzene rings is 3. The number of fused-ring (bicyclic) bond motifs is 1. The Labute approximate surface area is 178 Å². The first-order chi connectivity index (χ1) is 14.8. The maximum absolute atomic E-state index is 13.9. The van der Waals surface area contributed by atoms with Crippen molar-refractivity contribution in [2.45, 2.75) is 11.9 Å². The number of amides is 1. The number of hydrogen-bond acceptors (Lipinski definition) is 4. The maximum atomic E-state index is 13.9. The van der Waals surface area contributed by atoms with E-state index in [1.54, 1.807) is 54.6 Å². The highest BCUT2D eigenvalue weighted by Gasteiger charge is 2.36. The summed E-state index contributed by atoms with van der Waals surface area (Å²) in [7, 11) is -3.85.